The third kappa shape index (κ3) is 5.10. The molecular formula is C21H28N4O5. The molecule has 0 spiro atoms. The highest BCUT2D eigenvalue weighted by Gasteiger charge is 2.34. The lowest BCUT2D eigenvalue weighted by Crippen LogP contribution is -2.52. The Kier molecular flexibility index (Phi) is 7.29. The van der Waals surface area contributed by atoms with Crippen LogP contribution in [0, 0.1) is 0 Å². The summed E-state index contributed by atoms with van der Waals surface area (Å²) < 4.78 is 10.3. The first-order chi connectivity index (χ1) is 14.5. The Balaban J connectivity index is 1.81. The number of urea groups is 1. The van der Waals surface area contributed by atoms with Gasteiger partial charge in [-0.05, 0) is 19.4 Å². The lowest BCUT2D eigenvalue weighted by Gasteiger charge is -2.36. The molecule has 1 saturated heterocycles. The Morgan fingerprint density at radius 1 is 1.03 bits per heavy atom. The van der Waals surface area contributed by atoms with E-state index >= 15 is 0 Å². The zero-order valence-electron chi connectivity index (χ0n) is 17.3. The van der Waals surface area contributed by atoms with Gasteiger partial charge in [0.15, 0.2) is 0 Å². The van der Waals surface area contributed by atoms with Crippen molar-refractivity contribution < 1.29 is 23.9 Å². The molecule has 1 aromatic carbocycles. The van der Waals surface area contributed by atoms with Gasteiger partial charge in [0.1, 0.15) is 0 Å². The number of hydrogen-bond acceptors (Lipinski definition) is 6. The molecule has 1 fully saturated rings. The number of rotatable bonds is 6. The molecule has 0 aliphatic carbocycles. The number of carbonyl (C=O) groups excluding carboxylic acids is 3. The molecule has 1 unspecified atom stereocenters. The fraction of sp³-hybridized carbons (Fsp3) is 0.476. The van der Waals surface area contributed by atoms with E-state index < -0.39 is 12.0 Å². The predicted molar refractivity (Wildman–Crippen MR) is 110 cm³/mol. The van der Waals surface area contributed by atoms with Gasteiger partial charge in [0.05, 0.1) is 24.8 Å². The van der Waals surface area contributed by atoms with Crippen molar-refractivity contribution in [3.8, 4) is 0 Å². The van der Waals surface area contributed by atoms with Crippen LogP contribution in [0.5, 0.6) is 0 Å². The van der Waals surface area contributed by atoms with Crippen LogP contribution in [0.1, 0.15) is 25.5 Å². The van der Waals surface area contributed by atoms with Gasteiger partial charge in [-0.2, -0.15) is 0 Å². The van der Waals surface area contributed by atoms with Crippen molar-refractivity contribution in [1.29, 1.82) is 0 Å². The van der Waals surface area contributed by atoms with Crippen LogP contribution in [-0.4, -0.2) is 73.8 Å². The van der Waals surface area contributed by atoms with Gasteiger partial charge >= 0.3 is 18.1 Å². The number of nitrogens with one attached hydrogen (secondary N) is 2. The summed E-state index contributed by atoms with van der Waals surface area (Å²) in [4.78, 5) is 40.8. The molecule has 30 heavy (non-hydrogen) atoms. The van der Waals surface area contributed by atoms with E-state index in [0.717, 1.165) is 5.56 Å². The molecule has 9 nitrogen and oxygen atoms in total. The van der Waals surface area contributed by atoms with E-state index in [1.165, 1.54) is 0 Å². The molecule has 0 aromatic heterocycles. The summed E-state index contributed by atoms with van der Waals surface area (Å²) in [6, 6.07) is 8.38. The van der Waals surface area contributed by atoms with Crippen LogP contribution in [0.4, 0.5) is 9.59 Å². The molecule has 1 aromatic rings. The van der Waals surface area contributed by atoms with Gasteiger partial charge in [0.2, 0.25) is 0 Å². The molecule has 9 heteroatoms. The number of hydrogen-bond donors (Lipinski definition) is 2. The Hall–Kier alpha value is -3.07. The number of esters is 1. The van der Waals surface area contributed by atoms with Gasteiger partial charge in [-0.1, -0.05) is 30.3 Å². The smallest absolute Gasteiger partial charge is 0.409 e. The van der Waals surface area contributed by atoms with Gasteiger partial charge in [0.25, 0.3) is 0 Å². The minimum Gasteiger partial charge on any atom is -0.463 e. The van der Waals surface area contributed by atoms with E-state index in [2.05, 4.69) is 15.5 Å². The molecule has 2 N–H and O–H groups in total. The molecule has 0 saturated carbocycles. The molecule has 1 atom stereocenters. The van der Waals surface area contributed by atoms with Crippen LogP contribution >= 0.6 is 0 Å². The summed E-state index contributed by atoms with van der Waals surface area (Å²) in [5, 5.41) is 5.62. The monoisotopic (exact) mass is 416 g/mol. The fourth-order valence-electron chi connectivity index (χ4n) is 3.61. The average Bonchev–Trinajstić information content (AvgIpc) is 2.75. The van der Waals surface area contributed by atoms with E-state index in [4.69, 9.17) is 9.47 Å². The van der Waals surface area contributed by atoms with Gasteiger partial charge in [-0.15, -0.1) is 0 Å². The second kappa shape index (κ2) is 10.1. The van der Waals surface area contributed by atoms with E-state index in [0.29, 0.717) is 50.6 Å². The number of amides is 3. The minimum atomic E-state index is -0.588. The van der Waals surface area contributed by atoms with Gasteiger partial charge in [0, 0.05) is 38.4 Å². The lowest BCUT2D eigenvalue weighted by atomic mass is 9.95. The molecule has 0 bridgehead atoms. The first kappa shape index (κ1) is 21.6. The van der Waals surface area contributed by atoms with E-state index in [1.807, 2.05) is 30.3 Å². The Bertz CT molecular complexity index is 803. The van der Waals surface area contributed by atoms with Crippen LogP contribution in [0.3, 0.4) is 0 Å². The SMILES string of the molecule is CCOC(=O)C1=C(CN2CCN(C(=O)OCC)CC2)NC(=O)NC1c1ccccc1. The van der Waals surface area contributed by atoms with E-state index in [-0.39, 0.29) is 18.7 Å². The number of benzene rings is 1. The molecule has 162 valence electrons. The lowest BCUT2D eigenvalue weighted by molar-refractivity contribution is -0.139. The van der Waals surface area contributed by atoms with Crippen LogP contribution in [0.15, 0.2) is 41.6 Å². The first-order valence-corrected chi connectivity index (χ1v) is 10.2. The van der Waals surface area contributed by atoms with Crippen LogP contribution < -0.4 is 10.6 Å². The van der Waals surface area contributed by atoms with Crippen molar-refractivity contribution >= 4 is 18.1 Å². The zero-order valence-corrected chi connectivity index (χ0v) is 17.3. The van der Waals surface area contributed by atoms with Crippen molar-refractivity contribution in [3.05, 3.63) is 47.2 Å². The normalized spacial score (nSPS) is 19.7. The summed E-state index contributed by atoms with van der Waals surface area (Å²) >= 11 is 0. The van der Waals surface area contributed by atoms with Gasteiger partial charge in [-0.3, -0.25) is 4.90 Å². The number of ether oxygens (including phenoxy) is 2. The predicted octanol–water partition coefficient (Wildman–Crippen LogP) is 1.63. The summed E-state index contributed by atoms with van der Waals surface area (Å²) in [5.74, 6) is -0.459. The minimum absolute atomic E-state index is 0.239. The molecular weight excluding hydrogens is 388 g/mol. The Morgan fingerprint density at radius 3 is 2.33 bits per heavy atom. The average molecular weight is 416 g/mol. The summed E-state index contributed by atoms with van der Waals surface area (Å²) in [5.41, 5.74) is 1.73. The van der Waals surface area contributed by atoms with Crippen molar-refractivity contribution in [2.75, 3.05) is 45.9 Å². The van der Waals surface area contributed by atoms with Gasteiger partial charge in [-0.25, -0.2) is 14.4 Å². The largest absolute Gasteiger partial charge is 0.463 e. The third-order valence-corrected chi connectivity index (χ3v) is 5.06. The first-order valence-electron chi connectivity index (χ1n) is 10.2. The fourth-order valence-corrected chi connectivity index (χ4v) is 3.61. The quantitative estimate of drug-likeness (QED) is 0.684. The van der Waals surface area contributed by atoms with Crippen molar-refractivity contribution in [2.24, 2.45) is 0 Å². The molecule has 3 amide bonds. The number of carbonyl (C=O) groups is 3. The van der Waals surface area contributed by atoms with Crippen LogP contribution in [0.25, 0.3) is 0 Å². The van der Waals surface area contributed by atoms with Gasteiger partial charge < -0.3 is 25.0 Å². The van der Waals surface area contributed by atoms with Crippen molar-refractivity contribution in [2.45, 2.75) is 19.9 Å². The summed E-state index contributed by atoms with van der Waals surface area (Å²) in [6.07, 6.45) is -0.317. The standard InChI is InChI=1S/C21H28N4O5/c1-3-29-19(26)17-16(14-24-10-12-25(13-11-24)21(28)30-4-2)22-20(27)23-18(17)15-8-6-5-7-9-15/h5-9,18H,3-4,10-14H2,1-2H3,(H2,22,23,27). The highest BCUT2D eigenvalue weighted by molar-refractivity contribution is 5.95. The van der Waals surface area contributed by atoms with E-state index in [9.17, 15) is 14.4 Å². The van der Waals surface area contributed by atoms with E-state index in [1.54, 1.807) is 18.7 Å². The topological polar surface area (TPSA) is 100 Å². The maximum Gasteiger partial charge on any atom is 0.409 e. The third-order valence-electron chi connectivity index (χ3n) is 5.06. The number of piperazine rings is 1. The second-order valence-corrected chi connectivity index (χ2v) is 7.02. The van der Waals surface area contributed by atoms with Crippen molar-refractivity contribution in [3.63, 3.8) is 0 Å². The molecule has 2 aliphatic heterocycles. The molecule has 2 aliphatic rings. The summed E-state index contributed by atoms with van der Waals surface area (Å²) in [6.45, 7) is 6.75. The second-order valence-electron chi connectivity index (χ2n) is 7.02. The highest BCUT2D eigenvalue weighted by atomic mass is 16.6. The maximum atomic E-state index is 12.8. The summed E-state index contributed by atoms with van der Waals surface area (Å²) in [7, 11) is 0. The highest BCUT2D eigenvalue weighted by Crippen LogP contribution is 2.28. The molecule has 2 heterocycles. The maximum absolute atomic E-state index is 12.8. The number of nitrogens with zero attached hydrogens (tertiary/aromatic N) is 2. The van der Waals surface area contributed by atoms with Crippen LogP contribution in [0.2, 0.25) is 0 Å². The molecule has 0 radical (unpaired) electrons. The Morgan fingerprint density at radius 2 is 1.70 bits per heavy atom. The Labute approximate surface area is 176 Å². The zero-order chi connectivity index (χ0) is 21.5. The van der Waals surface area contributed by atoms with Crippen LogP contribution in [-0.2, 0) is 14.3 Å². The van der Waals surface area contributed by atoms with Crippen molar-refractivity contribution in [1.82, 2.24) is 20.4 Å². The molecule has 3 rings (SSSR count).